The molecule has 0 aromatic heterocycles. The van der Waals surface area contributed by atoms with Crippen molar-refractivity contribution in [2.75, 3.05) is 0 Å². The van der Waals surface area contributed by atoms with Crippen molar-refractivity contribution in [3.8, 4) is 0 Å². The first kappa shape index (κ1) is 16.9. The number of hydrogen-bond acceptors (Lipinski definition) is 2. The third kappa shape index (κ3) is 5.02. The van der Waals surface area contributed by atoms with Gasteiger partial charge in [-0.25, -0.2) is 4.39 Å². The van der Waals surface area contributed by atoms with E-state index >= 15 is 0 Å². The highest BCUT2D eigenvalue weighted by Crippen LogP contribution is 2.10. The van der Waals surface area contributed by atoms with E-state index in [1.165, 1.54) is 6.07 Å². The molecule has 0 fully saturated rings. The van der Waals surface area contributed by atoms with E-state index in [1.807, 2.05) is 19.1 Å². The van der Waals surface area contributed by atoms with Crippen LogP contribution in [0.3, 0.4) is 0 Å². The Morgan fingerprint density at radius 1 is 1.00 bits per heavy atom. The Balaban J connectivity index is 1.79. The molecule has 0 saturated carbocycles. The molecule has 0 saturated heterocycles. The monoisotopic (exact) mass is 313 g/mol. The van der Waals surface area contributed by atoms with Gasteiger partial charge >= 0.3 is 0 Å². The molecule has 4 heteroatoms. The van der Waals surface area contributed by atoms with Crippen molar-refractivity contribution in [1.82, 2.24) is 5.32 Å². The van der Waals surface area contributed by atoms with Crippen molar-refractivity contribution in [1.29, 1.82) is 0 Å². The van der Waals surface area contributed by atoms with Gasteiger partial charge in [0.25, 0.3) is 0 Å². The summed E-state index contributed by atoms with van der Waals surface area (Å²) >= 11 is 0. The Bertz CT molecular complexity index is 708. The summed E-state index contributed by atoms with van der Waals surface area (Å²) in [4.78, 5) is 23.8. The first-order valence-corrected chi connectivity index (χ1v) is 7.57. The zero-order valence-electron chi connectivity index (χ0n) is 13.4. The van der Waals surface area contributed by atoms with Gasteiger partial charge in [-0.05, 0) is 31.0 Å². The summed E-state index contributed by atoms with van der Waals surface area (Å²) in [6, 6.07) is 12.1. The average molecular weight is 313 g/mol. The minimum atomic E-state index is -0.286. The zero-order valence-corrected chi connectivity index (χ0v) is 13.4. The highest BCUT2D eigenvalue weighted by molar-refractivity contribution is 5.97. The number of rotatable bonds is 6. The van der Waals surface area contributed by atoms with E-state index < -0.39 is 0 Å². The smallest absolute Gasteiger partial charge is 0.220 e. The number of hydrogen-bond donors (Lipinski definition) is 1. The first-order chi connectivity index (χ1) is 11.0. The van der Waals surface area contributed by atoms with Crippen LogP contribution in [0.5, 0.6) is 0 Å². The summed E-state index contributed by atoms with van der Waals surface area (Å²) in [5.41, 5.74) is 2.98. The number of carbonyl (C=O) groups excluding carboxylic acids is 2. The predicted molar refractivity (Wildman–Crippen MR) is 87.7 cm³/mol. The second kappa shape index (κ2) is 7.68. The first-order valence-electron chi connectivity index (χ1n) is 7.57. The summed E-state index contributed by atoms with van der Waals surface area (Å²) in [5.74, 6) is -0.556. The number of nitrogens with one attached hydrogen (secondary N) is 1. The second-order valence-corrected chi connectivity index (χ2v) is 5.65. The van der Waals surface area contributed by atoms with Crippen molar-refractivity contribution >= 4 is 11.7 Å². The van der Waals surface area contributed by atoms with E-state index in [0.29, 0.717) is 16.7 Å². The highest BCUT2D eigenvalue weighted by Gasteiger charge is 2.09. The molecule has 3 nitrogen and oxygen atoms in total. The van der Waals surface area contributed by atoms with Gasteiger partial charge in [0.05, 0.1) is 0 Å². The largest absolute Gasteiger partial charge is 0.352 e. The van der Waals surface area contributed by atoms with Crippen LogP contribution in [0, 0.1) is 19.7 Å². The maximum Gasteiger partial charge on any atom is 0.220 e. The molecule has 0 spiro atoms. The lowest BCUT2D eigenvalue weighted by Crippen LogP contribution is -2.23. The van der Waals surface area contributed by atoms with Gasteiger partial charge < -0.3 is 5.32 Å². The predicted octanol–water partition coefficient (Wildman–Crippen LogP) is 3.72. The molecule has 0 unspecified atom stereocenters. The molecule has 0 bridgehead atoms. The van der Waals surface area contributed by atoms with Crippen LogP contribution in [0.2, 0.25) is 0 Å². The Labute approximate surface area is 135 Å². The molecule has 0 aliphatic heterocycles. The van der Waals surface area contributed by atoms with Gasteiger partial charge in [-0.15, -0.1) is 0 Å². The quantitative estimate of drug-likeness (QED) is 0.826. The van der Waals surface area contributed by atoms with Crippen LogP contribution < -0.4 is 5.32 Å². The standard InChI is InChI=1S/C19H20FNO2/c1-13-3-7-16(8-4-13)18(22)9-10-19(23)21-12-15-6-5-14(2)17(20)11-15/h3-8,11H,9-10,12H2,1-2H3,(H,21,23). The van der Waals surface area contributed by atoms with Crippen LogP contribution in [0.1, 0.15) is 39.9 Å². The number of halogens is 1. The van der Waals surface area contributed by atoms with Crippen molar-refractivity contribution in [2.45, 2.75) is 33.2 Å². The molecule has 0 aliphatic carbocycles. The van der Waals surface area contributed by atoms with Crippen molar-refractivity contribution in [3.05, 3.63) is 70.5 Å². The minimum absolute atomic E-state index is 0.0541. The van der Waals surface area contributed by atoms with Crippen molar-refractivity contribution in [2.24, 2.45) is 0 Å². The van der Waals surface area contributed by atoms with Gasteiger partial charge in [0.2, 0.25) is 5.91 Å². The van der Waals surface area contributed by atoms with Gasteiger partial charge in [-0.3, -0.25) is 9.59 Å². The fraction of sp³-hybridized carbons (Fsp3) is 0.263. The molecule has 0 heterocycles. The van der Waals surface area contributed by atoms with E-state index in [2.05, 4.69) is 5.32 Å². The summed E-state index contributed by atoms with van der Waals surface area (Å²) in [7, 11) is 0. The lowest BCUT2D eigenvalue weighted by atomic mass is 10.0. The van der Waals surface area contributed by atoms with Crippen LogP contribution in [0.15, 0.2) is 42.5 Å². The van der Waals surface area contributed by atoms with Gasteiger partial charge in [0, 0.05) is 24.9 Å². The zero-order chi connectivity index (χ0) is 16.8. The second-order valence-electron chi connectivity index (χ2n) is 5.65. The fourth-order valence-electron chi connectivity index (χ4n) is 2.15. The Morgan fingerprint density at radius 3 is 2.35 bits per heavy atom. The van der Waals surface area contributed by atoms with Crippen LogP contribution in [-0.2, 0) is 11.3 Å². The summed E-state index contributed by atoms with van der Waals surface area (Å²) in [5, 5.41) is 2.70. The van der Waals surface area contributed by atoms with Gasteiger partial charge in [-0.2, -0.15) is 0 Å². The van der Waals surface area contributed by atoms with Crippen LogP contribution in [-0.4, -0.2) is 11.7 Å². The van der Waals surface area contributed by atoms with Crippen LogP contribution in [0.4, 0.5) is 4.39 Å². The summed E-state index contributed by atoms with van der Waals surface area (Å²) in [6.07, 6.45) is 0.290. The van der Waals surface area contributed by atoms with E-state index in [1.54, 1.807) is 31.2 Å². The van der Waals surface area contributed by atoms with Gasteiger partial charge in [-0.1, -0.05) is 42.0 Å². The molecule has 1 amide bonds. The van der Waals surface area contributed by atoms with E-state index in [0.717, 1.165) is 5.56 Å². The van der Waals surface area contributed by atoms with Gasteiger partial charge in [0.15, 0.2) is 5.78 Å². The number of ketones is 1. The average Bonchev–Trinajstić information content (AvgIpc) is 2.54. The lowest BCUT2D eigenvalue weighted by molar-refractivity contribution is -0.121. The van der Waals surface area contributed by atoms with Crippen molar-refractivity contribution < 1.29 is 14.0 Å². The Kier molecular flexibility index (Phi) is 5.63. The Hall–Kier alpha value is -2.49. The normalized spacial score (nSPS) is 10.4. The topological polar surface area (TPSA) is 46.2 Å². The van der Waals surface area contributed by atoms with Gasteiger partial charge in [0.1, 0.15) is 5.82 Å². The highest BCUT2D eigenvalue weighted by atomic mass is 19.1. The molecule has 0 atom stereocenters. The summed E-state index contributed by atoms with van der Waals surface area (Å²) < 4.78 is 13.4. The third-order valence-electron chi connectivity index (χ3n) is 3.68. The van der Waals surface area contributed by atoms with E-state index in [9.17, 15) is 14.0 Å². The SMILES string of the molecule is Cc1ccc(C(=O)CCC(=O)NCc2ccc(C)c(F)c2)cc1. The van der Waals surface area contributed by atoms with E-state index in [4.69, 9.17) is 0 Å². The molecule has 2 aromatic rings. The number of benzene rings is 2. The van der Waals surface area contributed by atoms with E-state index in [-0.39, 0.29) is 36.9 Å². The lowest BCUT2D eigenvalue weighted by Gasteiger charge is -2.06. The number of Topliss-reactive ketones (excluding diaryl/α,β-unsaturated/α-hetero) is 1. The maximum atomic E-state index is 13.4. The molecular weight excluding hydrogens is 293 g/mol. The number of aryl methyl sites for hydroxylation is 2. The number of carbonyl (C=O) groups is 2. The third-order valence-corrected chi connectivity index (χ3v) is 3.68. The molecule has 2 aromatic carbocycles. The van der Waals surface area contributed by atoms with Crippen LogP contribution in [0.25, 0.3) is 0 Å². The molecule has 0 radical (unpaired) electrons. The summed E-state index contributed by atoms with van der Waals surface area (Å²) in [6.45, 7) is 3.90. The molecule has 1 N–H and O–H groups in total. The Morgan fingerprint density at radius 2 is 1.70 bits per heavy atom. The minimum Gasteiger partial charge on any atom is -0.352 e. The number of amides is 1. The maximum absolute atomic E-state index is 13.4. The molecule has 120 valence electrons. The fourth-order valence-corrected chi connectivity index (χ4v) is 2.15. The van der Waals surface area contributed by atoms with Crippen molar-refractivity contribution in [3.63, 3.8) is 0 Å². The molecule has 0 aliphatic rings. The van der Waals surface area contributed by atoms with Crippen LogP contribution >= 0.6 is 0 Å². The molecule has 2 rings (SSSR count). The molecular formula is C19H20FNO2. The molecule has 23 heavy (non-hydrogen) atoms.